The second kappa shape index (κ2) is 15.0. The summed E-state index contributed by atoms with van der Waals surface area (Å²) in [7, 11) is 0. The third-order valence-electron chi connectivity index (χ3n) is 9.14. The van der Waals surface area contributed by atoms with Gasteiger partial charge in [0.2, 0.25) is 0 Å². The van der Waals surface area contributed by atoms with Crippen LogP contribution in [0, 0.1) is 23.2 Å². The summed E-state index contributed by atoms with van der Waals surface area (Å²) in [5.41, 5.74) is 2.39. The van der Waals surface area contributed by atoms with Crippen LogP contribution in [-0.2, 0) is 12.0 Å². The maximum atomic E-state index is 13.7. The van der Waals surface area contributed by atoms with Crippen LogP contribution in [-0.4, -0.2) is 88.9 Å². The molecule has 246 valence electrons. The largest absolute Gasteiger partial charge is 0.406 e. The summed E-state index contributed by atoms with van der Waals surface area (Å²) >= 11 is 1.91. The summed E-state index contributed by atoms with van der Waals surface area (Å²) in [5.74, 6) is 7.15. The molecular weight excluding hydrogens is 607 g/mol. The molecule has 0 saturated carbocycles. The molecule has 5 rings (SSSR count). The molecule has 0 amide bonds. The van der Waals surface area contributed by atoms with E-state index < -0.39 is 18.1 Å². The quantitative estimate of drug-likeness (QED) is 0.241. The Morgan fingerprint density at radius 2 is 1.80 bits per heavy atom. The van der Waals surface area contributed by atoms with Crippen molar-refractivity contribution in [3.8, 4) is 17.9 Å². The monoisotopic (exact) mass is 651 g/mol. The molecule has 3 aromatic rings. The van der Waals surface area contributed by atoms with E-state index in [1.165, 1.54) is 42.8 Å². The van der Waals surface area contributed by atoms with E-state index >= 15 is 0 Å². The summed E-state index contributed by atoms with van der Waals surface area (Å²) in [5, 5.41) is 16.9. The van der Waals surface area contributed by atoms with Gasteiger partial charge in [-0.25, -0.2) is 0 Å². The van der Waals surface area contributed by atoms with Crippen molar-refractivity contribution in [2.24, 2.45) is 0 Å². The molecule has 0 bridgehead atoms. The summed E-state index contributed by atoms with van der Waals surface area (Å²) in [6.07, 6.45) is 3.88. The Kier molecular flexibility index (Phi) is 11.1. The summed E-state index contributed by atoms with van der Waals surface area (Å²) in [6, 6.07) is 14.0. The molecule has 2 aromatic heterocycles. The molecule has 0 aliphatic carbocycles. The first-order chi connectivity index (χ1) is 22.1. The van der Waals surface area contributed by atoms with Crippen molar-refractivity contribution in [1.82, 2.24) is 19.4 Å². The van der Waals surface area contributed by atoms with Crippen molar-refractivity contribution >= 4 is 34.0 Å². The number of likely N-dealkylation sites (tertiary alicyclic amines) is 2. The maximum absolute atomic E-state index is 13.7. The molecule has 2 aliphatic rings. The average Bonchev–Trinajstić information content (AvgIpc) is 3.39. The second-order valence-corrected chi connectivity index (χ2v) is 13.8. The number of halogens is 3. The van der Waals surface area contributed by atoms with E-state index in [1.54, 1.807) is 38.2 Å². The molecule has 7 nitrogen and oxygen atoms in total. The molecule has 11 heteroatoms. The van der Waals surface area contributed by atoms with Crippen molar-refractivity contribution in [3.05, 3.63) is 54.0 Å². The number of thioether (sulfide) groups is 1. The van der Waals surface area contributed by atoms with Gasteiger partial charge in [0.1, 0.15) is 6.54 Å². The number of nitrogens with one attached hydrogen (secondary N) is 2. The van der Waals surface area contributed by atoms with Crippen LogP contribution in [0.4, 0.5) is 24.5 Å². The van der Waals surface area contributed by atoms with E-state index in [9.17, 15) is 18.4 Å². The molecule has 46 heavy (non-hydrogen) atoms. The molecule has 0 unspecified atom stereocenters. The van der Waals surface area contributed by atoms with Crippen LogP contribution in [0.25, 0.3) is 10.9 Å². The number of benzene rings is 1. The third kappa shape index (κ3) is 8.70. The topological polar surface area (TPSA) is 72.2 Å². The van der Waals surface area contributed by atoms with Gasteiger partial charge < -0.3 is 25.0 Å². The number of piperidine rings is 2. The summed E-state index contributed by atoms with van der Waals surface area (Å²) in [6.45, 7) is 8.33. The minimum absolute atomic E-state index is 0.233. The third-order valence-corrected chi connectivity index (χ3v) is 9.73. The lowest BCUT2D eigenvalue weighted by Gasteiger charge is -2.42. The molecule has 0 atom stereocenters. The smallest absolute Gasteiger partial charge is 0.382 e. The molecule has 4 heterocycles. The van der Waals surface area contributed by atoms with Gasteiger partial charge >= 0.3 is 6.18 Å². The zero-order valence-electron chi connectivity index (χ0n) is 27.0. The van der Waals surface area contributed by atoms with Crippen molar-refractivity contribution in [1.29, 1.82) is 5.26 Å². The predicted molar refractivity (Wildman–Crippen MR) is 182 cm³/mol. The van der Waals surface area contributed by atoms with Crippen molar-refractivity contribution < 1.29 is 13.2 Å². The predicted octanol–water partition coefficient (Wildman–Crippen LogP) is 6.57. The van der Waals surface area contributed by atoms with Crippen molar-refractivity contribution in [3.63, 3.8) is 0 Å². The SMILES string of the molecule is CSCCN1CCC(N2CCC(Nc3cccc4c3cc(C#CCNc3ccc(C(C)(C)C#N)nc3)n4CC(F)(F)F)CC2)CC1. The minimum atomic E-state index is -4.38. The highest BCUT2D eigenvalue weighted by molar-refractivity contribution is 7.98. The van der Waals surface area contributed by atoms with Gasteiger partial charge in [0, 0.05) is 48.5 Å². The van der Waals surface area contributed by atoms with Crippen LogP contribution in [0.15, 0.2) is 42.6 Å². The van der Waals surface area contributed by atoms with Crippen LogP contribution >= 0.6 is 11.8 Å². The Morgan fingerprint density at radius 1 is 1.04 bits per heavy atom. The normalized spacial score (nSPS) is 17.4. The van der Waals surface area contributed by atoms with Gasteiger partial charge in [-0.3, -0.25) is 4.98 Å². The first kappa shape index (κ1) is 34.0. The van der Waals surface area contributed by atoms with Crippen LogP contribution in [0.2, 0.25) is 0 Å². The lowest BCUT2D eigenvalue weighted by molar-refractivity contribution is -0.140. The van der Waals surface area contributed by atoms with Crippen LogP contribution in [0.5, 0.6) is 0 Å². The number of hydrogen-bond acceptors (Lipinski definition) is 7. The first-order valence-corrected chi connectivity index (χ1v) is 17.5. The fourth-order valence-corrected chi connectivity index (χ4v) is 6.87. The van der Waals surface area contributed by atoms with Gasteiger partial charge in [-0.15, -0.1) is 0 Å². The highest BCUT2D eigenvalue weighted by Gasteiger charge is 2.31. The van der Waals surface area contributed by atoms with Gasteiger partial charge in [0.15, 0.2) is 0 Å². The number of nitrogens with zero attached hydrogens (tertiary/aromatic N) is 5. The van der Waals surface area contributed by atoms with Gasteiger partial charge in [0.05, 0.1) is 46.8 Å². The number of aromatic nitrogens is 2. The maximum Gasteiger partial charge on any atom is 0.406 e. The Balaban J connectivity index is 1.23. The molecule has 1 aromatic carbocycles. The molecule has 2 fully saturated rings. The van der Waals surface area contributed by atoms with E-state index in [0.717, 1.165) is 42.7 Å². The zero-order chi connectivity index (χ0) is 32.7. The lowest BCUT2D eigenvalue weighted by atomic mass is 9.91. The van der Waals surface area contributed by atoms with Crippen molar-refractivity contribution in [2.75, 3.05) is 61.9 Å². The van der Waals surface area contributed by atoms with Crippen molar-refractivity contribution in [2.45, 2.75) is 69.8 Å². The number of fused-ring (bicyclic) bond motifs is 1. The molecule has 0 radical (unpaired) electrons. The standard InChI is InChI=1S/C35H44F3N7S/c1-34(2,24-39)33-10-9-27(23-41-33)40-15-5-6-29-22-30-31(7-4-8-32(30)45(29)25-35(36,37)38)42-26-11-18-44(19-12-26)28-13-16-43(17-14-28)20-21-46-3/h4,7-10,22-23,26,28,40,42H,11-21,25H2,1-3H3. The lowest BCUT2D eigenvalue weighted by Crippen LogP contribution is -2.49. The fraction of sp³-hybridized carbons (Fsp3) is 0.543. The molecule has 2 N–H and O–H groups in total. The number of nitriles is 1. The van der Waals surface area contributed by atoms with Gasteiger partial charge in [-0.1, -0.05) is 12.0 Å². The molecule has 2 aliphatic heterocycles. The number of hydrogen-bond donors (Lipinski definition) is 2. The number of alkyl halides is 3. The molecule has 0 spiro atoms. The second-order valence-electron chi connectivity index (χ2n) is 12.8. The van der Waals surface area contributed by atoms with E-state index in [0.29, 0.717) is 22.9 Å². The summed E-state index contributed by atoms with van der Waals surface area (Å²) < 4.78 is 42.3. The average molecular weight is 652 g/mol. The highest BCUT2D eigenvalue weighted by Crippen LogP contribution is 2.32. The zero-order valence-corrected chi connectivity index (χ0v) is 27.8. The Morgan fingerprint density at radius 3 is 2.46 bits per heavy atom. The Labute approximate surface area is 274 Å². The first-order valence-electron chi connectivity index (χ1n) is 16.1. The molecular formula is C35H44F3N7S. The van der Waals surface area contributed by atoms with Gasteiger partial charge in [-0.05, 0) is 95.1 Å². The Hall–Kier alpha value is -3.38. The van der Waals surface area contributed by atoms with Crippen LogP contribution in [0.3, 0.4) is 0 Å². The van der Waals surface area contributed by atoms with Crippen LogP contribution < -0.4 is 10.6 Å². The number of anilines is 2. The van der Waals surface area contributed by atoms with Gasteiger partial charge in [-0.2, -0.15) is 30.2 Å². The number of rotatable bonds is 10. The number of pyridine rings is 1. The minimum Gasteiger partial charge on any atom is -0.382 e. The fourth-order valence-electron chi connectivity index (χ4n) is 6.43. The van der Waals surface area contributed by atoms with E-state index in [1.807, 2.05) is 30.0 Å². The molecule has 2 saturated heterocycles. The van der Waals surface area contributed by atoms with E-state index in [2.05, 4.69) is 49.6 Å². The highest BCUT2D eigenvalue weighted by atomic mass is 32.2. The Bertz CT molecular complexity index is 1550. The van der Waals surface area contributed by atoms with E-state index in [4.69, 9.17) is 0 Å². The van der Waals surface area contributed by atoms with Gasteiger partial charge in [0.25, 0.3) is 0 Å². The van der Waals surface area contributed by atoms with Crippen LogP contribution in [0.1, 0.15) is 50.9 Å². The summed E-state index contributed by atoms with van der Waals surface area (Å²) in [4.78, 5) is 9.59. The van der Waals surface area contributed by atoms with E-state index in [-0.39, 0.29) is 12.6 Å².